The molecule has 2 N–H and O–H groups in total. The Hall–Kier alpha value is -3.36. The molecule has 9 nitrogen and oxygen atoms in total. The molecule has 0 bridgehead atoms. The van der Waals surface area contributed by atoms with Crippen LogP contribution >= 0.6 is 0 Å². The number of carbonyl (C=O) groups excluding carboxylic acids is 1. The molecule has 9 heteroatoms. The Morgan fingerprint density at radius 2 is 2.24 bits per heavy atom. The lowest BCUT2D eigenvalue weighted by atomic mass is 9.95. The van der Waals surface area contributed by atoms with Gasteiger partial charge in [0.15, 0.2) is 0 Å². The number of nitrogens with zero attached hydrogens (tertiary/aromatic N) is 5. The predicted octanol–water partition coefficient (Wildman–Crippen LogP) is 2.48. The van der Waals surface area contributed by atoms with Crippen LogP contribution in [0.2, 0.25) is 0 Å². The molecule has 1 aliphatic heterocycles. The Morgan fingerprint density at radius 1 is 1.41 bits per heavy atom. The molecule has 2 atom stereocenters. The van der Waals surface area contributed by atoms with Gasteiger partial charge < -0.3 is 19.9 Å². The number of nitrogens with one attached hydrogen (secondary N) is 2. The topological polar surface area (TPSA) is 101 Å². The number of ether oxygens (including phenoxy) is 1. The quantitative estimate of drug-likeness (QED) is 0.596. The molecule has 2 unspecified atom stereocenters. The second-order valence-corrected chi connectivity index (χ2v) is 7.31. The molecule has 1 fully saturated rings. The van der Waals surface area contributed by atoms with Crippen molar-refractivity contribution < 1.29 is 9.53 Å². The molecule has 4 heterocycles. The van der Waals surface area contributed by atoms with E-state index in [1.165, 1.54) is 6.08 Å². The van der Waals surface area contributed by atoms with Crippen LogP contribution in [0.4, 0.5) is 11.6 Å². The number of H-pyrrole nitrogens is 1. The lowest BCUT2D eigenvalue weighted by molar-refractivity contribution is -0.125. The summed E-state index contributed by atoms with van der Waals surface area (Å²) >= 11 is 0. The number of aromatic nitrogens is 5. The van der Waals surface area contributed by atoms with Gasteiger partial charge in [-0.25, -0.2) is 0 Å². The fraction of sp³-hybridized carbons (Fsp3) is 0.400. The molecule has 0 saturated carbocycles. The van der Waals surface area contributed by atoms with Crippen LogP contribution in [-0.4, -0.2) is 55.2 Å². The number of carbonyl (C=O) groups is 1. The van der Waals surface area contributed by atoms with Crippen molar-refractivity contribution >= 4 is 28.6 Å². The molecule has 0 aromatic carbocycles. The third-order valence-electron chi connectivity index (χ3n) is 5.36. The van der Waals surface area contributed by atoms with Crippen molar-refractivity contribution in [3.8, 4) is 5.88 Å². The first kappa shape index (κ1) is 19.0. The van der Waals surface area contributed by atoms with Crippen molar-refractivity contribution in [2.45, 2.75) is 13.3 Å². The molecule has 29 heavy (non-hydrogen) atoms. The zero-order valence-electron chi connectivity index (χ0n) is 16.6. The highest BCUT2D eigenvalue weighted by molar-refractivity contribution is 5.87. The monoisotopic (exact) mass is 395 g/mol. The Morgan fingerprint density at radius 3 is 2.97 bits per heavy atom. The molecule has 1 saturated heterocycles. The lowest BCUT2D eigenvalue weighted by Gasteiger charge is -2.17. The number of hydrogen-bond donors (Lipinski definition) is 2. The largest absolute Gasteiger partial charge is 0.477 e. The first-order chi connectivity index (χ1) is 14.1. The third kappa shape index (κ3) is 3.94. The van der Waals surface area contributed by atoms with E-state index in [-0.39, 0.29) is 11.8 Å². The van der Waals surface area contributed by atoms with Crippen LogP contribution in [0.1, 0.15) is 13.3 Å². The number of fused-ring (bicyclic) bond motifs is 1. The molecule has 152 valence electrons. The van der Waals surface area contributed by atoms with Crippen molar-refractivity contribution in [2.75, 3.05) is 25.0 Å². The average Bonchev–Trinajstić information content (AvgIpc) is 3.45. The van der Waals surface area contributed by atoms with Crippen LogP contribution in [-0.2, 0) is 11.8 Å². The average molecular weight is 395 g/mol. The fourth-order valence-corrected chi connectivity index (χ4v) is 3.78. The van der Waals surface area contributed by atoms with Gasteiger partial charge in [-0.15, -0.1) is 0 Å². The van der Waals surface area contributed by atoms with E-state index in [1.54, 1.807) is 10.9 Å². The number of anilines is 2. The van der Waals surface area contributed by atoms with Gasteiger partial charge in [0.25, 0.3) is 0 Å². The molecule has 3 aromatic heterocycles. The first-order valence-corrected chi connectivity index (χ1v) is 9.72. The minimum Gasteiger partial charge on any atom is -0.477 e. The molecular weight excluding hydrogens is 370 g/mol. The minimum atomic E-state index is -0.0241. The van der Waals surface area contributed by atoms with E-state index in [1.807, 2.05) is 30.4 Å². The summed E-state index contributed by atoms with van der Waals surface area (Å²) in [6, 6.07) is 1.90. The molecule has 3 aromatic rings. The number of hydrogen-bond acceptors (Lipinski definition) is 6. The van der Waals surface area contributed by atoms with E-state index in [0.717, 1.165) is 24.0 Å². The Labute approximate surface area is 168 Å². The molecule has 0 spiro atoms. The molecule has 4 rings (SSSR count). The summed E-state index contributed by atoms with van der Waals surface area (Å²) in [6.07, 6.45) is 7.73. The summed E-state index contributed by atoms with van der Waals surface area (Å²) in [4.78, 5) is 26.0. The maximum Gasteiger partial charge on any atom is 0.245 e. The van der Waals surface area contributed by atoms with Gasteiger partial charge in [0.2, 0.25) is 17.7 Å². The highest BCUT2D eigenvalue weighted by Crippen LogP contribution is 2.29. The fourth-order valence-electron chi connectivity index (χ4n) is 3.78. The van der Waals surface area contributed by atoms with Gasteiger partial charge in [0.05, 0.1) is 23.9 Å². The number of likely N-dealkylation sites (tertiary alicyclic amines) is 1. The highest BCUT2D eigenvalue weighted by atomic mass is 16.5. The molecular formula is C20H25N7O2. The number of amides is 1. The summed E-state index contributed by atoms with van der Waals surface area (Å²) < 4.78 is 7.85. The van der Waals surface area contributed by atoms with E-state index >= 15 is 0 Å². The summed E-state index contributed by atoms with van der Waals surface area (Å²) in [6.45, 7) is 7.64. The third-order valence-corrected chi connectivity index (χ3v) is 5.36. The SMILES string of the molecule is C=CC(=O)N1CC(CC)C(COc2nc(Nc3cnn(C)c3)nc3[nH]ccc23)C1. The van der Waals surface area contributed by atoms with Crippen molar-refractivity contribution in [1.29, 1.82) is 0 Å². The Kier molecular flexibility index (Phi) is 5.20. The van der Waals surface area contributed by atoms with Crippen LogP contribution in [0.15, 0.2) is 37.3 Å². The Balaban J connectivity index is 1.52. The maximum atomic E-state index is 12.0. The van der Waals surface area contributed by atoms with Crippen LogP contribution < -0.4 is 10.1 Å². The number of rotatable bonds is 7. The Bertz CT molecular complexity index is 1020. The van der Waals surface area contributed by atoms with Gasteiger partial charge in [-0.05, 0) is 18.1 Å². The molecule has 0 radical (unpaired) electrons. The second kappa shape index (κ2) is 7.94. The first-order valence-electron chi connectivity index (χ1n) is 9.72. The van der Waals surface area contributed by atoms with Crippen molar-refractivity contribution in [2.24, 2.45) is 18.9 Å². The van der Waals surface area contributed by atoms with Gasteiger partial charge in [-0.3, -0.25) is 9.48 Å². The van der Waals surface area contributed by atoms with E-state index < -0.39 is 0 Å². The highest BCUT2D eigenvalue weighted by Gasteiger charge is 2.34. The smallest absolute Gasteiger partial charge is 0.245 e. The van der Waals surface area contributed by atoms with Gasteiger partial charge in [-0.1, -0.05) is 19.9 Å². The molecule has 0 aliphatic carbocycles. The predicted molar refractivity (Wildman–Crippen MR) is 110 cm³/mol. The number of aryl methyl sites for hydroxylation is 1. The normalized spacial score (nSPS) is 18.9. The van der Waals surface area contributed by atoms with Gasteiger partial charge >= 0.3 is 0 Å². The zero-order valence-corrected chi connectivity index (χ0v) is 16.6. The van der Waals surface area contributed by atoms with Gasteiger partial charge in [-0.2, -0.15) is 15.1 Å². The van der Waals surface area contributed by atoms with E-state index in [9.17, 15) is 4.79 Å². The number of aromatic amines is 1. The molecule has 1 aliphatic rings. The van der Waals surface area contributed by atoms with Crippen molar-refractivity contribution in [1.82, 2.24) is 29.6 Å². The molecule has 1 amide bonds. The minimum absolute atomic E-state index is 0.0241. The lowest BCUT2D eigenvalue weighted by Crippen LogP contribution is -2.27. The standard InChI is InChI=1S/C20H25N7O2/c1-4-13-9-27(17(28)5-2)10-14(13)12-29-19-16-6-7-21-18(16)24-20(25-19)23-15-8-22-26(3)11-15/h5-8,11,13-14H,2,4,9-10,12H2,1,3H3,(H2,21,23,24,25). The van der Waals surface area contributed by atoms with Crippen molar-refractivity contribution in [3.63, 3.8) is 0 Å². The van der Waals surface area contributed by atoms with E-state index in [0.29, 0.717) is 36.5 Å². The van der Waals surface area contributed by atoms with Crippen LogP contribution in [0, 0.1) is 11.8 Å². The second-order valence-electron chi connectivity index (χ2n) is 7.31. The summed E-state index contributed by atoms with van der Waals surface area (Å²) in [5.74, 6) is 1.58. The van der Waals surface area contributed by atoms with E-state index in [2.05, 4.69) is 38.9 Å². The summed E-state index contributed by atoms with van der Waals surface area (Å²) in [5.41, 5.74) is 1.49. The maximum absolute atomic E-state index is 12.0. The van der Waals surface area contributed by atoms with Gasteiger partial charge in [0, 0.05) is 38.4 Å². The van der Waals surface area contributed by atoms with Crippen LogP contribution in [0.25, 0.3) is 11.0 Å². The summed E-state index contributed by atoms with van der Waals surface area (Å²) in [7, 11) is 1.85. The van der Waals surface area contributed by atoms with Crippen molar-refractivity contribution in [3.05, 3.63) is 37.3 Å². The van der Waals surface area contributed by atoms with Gasteiger partial charge in [0.1, 0.15) is 5.65 Å². The van der Waals surface area contributed by atoms with Crippen LogP contribution in [0.5, 0.6) is 5.88 Å². The van der Waals surface area contributed by atoms with E-state index in [4.69, 9.17) is 4.74 Å². The van der Waals surface area contributed by atoms with Crippen LogP contribution in [0.3, 0.4) is 0 Å². The zero-order chi connectivity index (χ0) is 20.4. The summed E-state index contributed by atoms with van der Waals surface area (Å²) in [5, 5.41) is 8.12.